The molecule has 1 atom stereocenters. The molecule has 0 saturated heterocycles. The lowest BCUT2D eigenvalue weighted by molar-refractivity contribution is -0.384. The van der Waals surface area contributed by atoms with Gasteiger partial charge in [0.15, 0.2) is 0 Å². The van der Waals surface area contributed by atoms with Gasteiger partial charge in [-0.2, -0.15) is 17.9 Å². The van der Waals surface area contributed by atoms with Crippen LogP contribution in [0.3, 0.4) is 0 Å². The number of carbonyl (C=O) groups excluding carboxylic acids is 1. The van der Waals surface area contributed by atoms with Gasteiger partial charge in [0.05, 0.1) is 11.5 Å². The number of hydrogen-bond acceptors (Lipinski definition) is 6. The van der Waals surface area contributed by atoms with Gasteiger partial charge in [-0.1, -0.05) is 12.1 Å². The molecule has 1 N–H and O–H groups in total. The molecule has 0 spiro atoms. The van der Waals surface area contributed by atoms with Crippen molar-refractivity contribution >= 4 is 21.7 Å². The fraction of sp³-hybridized carbons (Fsp3) is 0.417. The quantitative estimate of drug-likeness (QED) is 0.442. The van der Waals surface area contributed by atoms with E-state index in [2.05, 4.69) is 4.74 Å². The second kappa shape index (κ2) is 7.57. The minimum absolute atomic E-state index is 0.163. The Bertz CT molecular complexity index is 702. The van der Waals surface area contributed by atoms with Gasteiger partial charge >= 0.3 is 21.5 Å². The highest BCUT2D eigenvalue weighted by Gasteiger charge is 2.47. The van der Waals surface area contributed by atoms with Crippen LogP contribution in [-0.4, -0.2) is 37.5 Å². The van der Waals surface area contributed by atoms with Crippen LogP contribution in [0.5, 0.6) is 0 Å². The van der Waals surface area contributed by atoms with E-state index < -0.39 is 38.9 Å². The summed E-state index contributed by atoms with van der Waals surface area (Å²) < 4.78 is 65.5. The smallest absolute Gasteiger partial charge is 0.465 e. The first-order chi connectivity index (χ1) is 11.0. The molecule has 0 amide bonds. The number of halogens is 3. The van der Waals surface area contributed by atoms with Crippen molar-refractivity contribution in [3.8, 4) is 0 Å². The highest BCUT2D eigenvalue weighted by atomic mass is 32.2. The summed E-state index contributed by atoms with van der Waals surface area (Å²) in [6.45, 7) is 1.24. The average Bonchev–Trinajstić information content (AvgIpc) is 2.46. The van der Waals surface area contributed by atoms with E-state index in [9.17, 15) is 36.5 Å². The molecule has 0 aliphatic rings. The number of benzene rings is 1. The van der Waals surface area contributed by atoms with Crippen molar-refractivity contribution in [2.24, 2.45) is 0 Å². The summed E-state index contributed by atoms with van der Waals surface area (Å²) >= 11 is 0. The van der Waals surface area contributed by atoms with E-state index in [4.69, 9.17) is 0 Å². The molecule has 0 bridgehead atoms. The third kappa shape index (κ3) is 5.16. The lowest BCUT2D eigenvalue weighted by atomic mass is 10.1. The van der Waals surface area contributed by atoms with Gasteiger partial charge in [-0.15, -0.1) is 0 Å². The number of nitrogens with zero attached hydrogens (tertiary/aromatic N) is 1. The molecule has 0 aliphatic heterocycles. The zero-order valence-corrected chi connectivity index (χ0v) is 13.1. The van der Waals surface area contributed by atoms with Crippen LogP contribution in [0, 0.1) is 10.1 Å². The summed E-state index contributed by atoms with van der Waals surface area (Å²) in [5, 5.41) is 10.5. The topological polar surface area (TPSA) is 116 Å². The van der Waals surface area contributed by atoms with Crippen molar-refractivity contribution in [2.75, 3.05) is 6.61 Å². The Morgan fingerprint density at radius 1 is 1.33 bits per heavy atom. The molecule has 0 unspecified atom stereocenters. The SMILES string of the molecule is CCOC(=O)[C@H](Cc1ccc([N+](=O)[O-])cc1)NS(=O)(=O)C(F)(F)F. The zero-order valence-electron chi connectivity index (χ0n) is 12.2. The van der Waals surface area contributed by atoms with E-state index in [1.165, 1.54) is 23.8 Å². The monoisotopic (exact) mass is 370 g/mol. The van der Waals surface area contributed by atoms with Crippen molar-refractivity contribution in [1.82, 2.24) is 4.72 Å². The number of non-ortho nitro benzene ring substituents is 1. The zero-order chi connectivity index (χ0) is 18.5. The first-order valence-electron chi connectivity index (χ1n) is 6.46. The second-order valence-electron chi connectivity index (χ2n) is 4.50. The normalized spacial score (nSPS) is 13.3. The molecule has 0 heterocycles. The van der Waals surface area contributed by atoms with Crippen molar-refractivity contribution in [3.05, 3.63) is 39.9 Å². The van der Waals surface area contributed by atoms with Gasteiger partial charge in [-0.05, 0) is 18.9 Å². The number of nitro benzene ring substituents is 1. The fourth-order valence-electron chi connectivity index (χ4n) is 1.66. The summed E-state index contributed by atoms with van der Waals surface area (Å²) in [5.41, 5.74) is -5.64. The van der Waals surface area contributed by atoms with E-state index in [-0.39, 0.29) is 17.9 Å². The Morgan fingerprint density at radius 2 is 1.88 bits per heavy atom. The third-order valence-corrected chi connectivity index (χ3v) is 3.96. The van der Waals surface area contributed by atoms with E-state index in [0.29, 0.717) is 0 Å². The molecule has 8 nitrogen and oxygen atoms in total. The molecule has 12 heteroatoms. The molecule has 0 aliphatic carbocycles. The molecular formula is C12H13F3N2O6S. The number of hydrogen-bond donors (Lipinski definition) is 1. The van der Waals surface area contributed by atoms with Crippen LogP contribution in [-0.2, 0) is 26.0 Å². The second-order valence-corrected chi connectivity index (χ2v) is 6.20. The van der Waals surface area contributed by atoms with Crippen LogP contribution in [0.2, 0.25) is 0 Å². The largest absolute Gasteiger partial charge is 0.511 e. The fourth-order valence-corrected chi connectivity index (χ4v) is 2.35. The number of nitro groups is 1. The molecular weight excluding hydrogens is 357 g/mol. The van der Waals surface area contributed by atoms with Crippen LogP contribution in [0.4, 0.5) is 18.9 Å². The van der Waals surface area contributed by atoms with Gasteiger partial charge in [0.1, 0.15) is 6.04 Å². The summed E-state index contributed by atoms with van der Waals surface area (Å²) in [7, 11) is -5.76. The number of carbonyl (C=O) groups is 1. The van der Waals surface area contributed by atoms with Crippen molar-refractivity contribution in [2.45, 2.75) is 24.9 Å². The van der Waals surface area contributed by atoms with Gasteiger partial charge < -0.3 is 4.74 Å². The molecule has 0 fully saturated rings. The van der Waals surface area contributed by atoms with E-state index in [1.54, 1.807) is 0 Å². The Hall–Kier alpha value is -2.21. The first-order valence-corrected chi connectivity index (χ1v) is 7.94. The van der Waals surface area contributed by atoms with E-state index in [1.807, 2.05) is 0 Å². The number of nitrogens with one attached hydrogen (secondary N) is 1. The maximum atomic E-state index is 12.4. The average molecular weight is 370 g/mol. The summed E-state index contributed by atoms with van der Waals surface area (Å²) in [6.07, 6.45) is -0.466. The molecule has 24 heavy (non-hydrogen) atoms. The van der Waals surface area contributed by atoms with Crippen LogP contribution in [0.1, 0.15) is 12.5 Å². The van der Waals surface area contributed by atoms with Crippen molar-refractivity contribution in [1.29, 1.82) is 0 Å². The lowest BCUT2D eigenvalue weighted by Crippen LogP contribution is -2.48. The van der Waals surface area contributed by atoms with Gasteiger partial charge in [0, 0.05) is 12.1 Å². The summed E-state index contributed by atoms with van der Waals surface area (Å²) in [6, 6.07) is 2.74. The molecule has 1 aromatic carbocycles. The number of alkyl halides is 3. The standard InChI is InChI=1S/C12H13F3N2O6S/c1-2-23-11(18)10(16-24(21,22)12(13,14)15)7-8-3-5-9(6-4-8)17(19)20/h3-6,10,16H,2,7H2,1H3/t10-/m0/s1. The minimum atomic E-state index is -5.76. The molecule has 0 saturated carbocycles. The number of sulfonamides is 1. The molecule has 0 aromatic heterocycles. The lowest BCUT2D eigenvalue weighted by Gasteiger charge is -2.18. The summed E-state index contributed by atoms with van der Waals surface area (Å²) in [5.74, 6) is -1.19. The Kier molecular flexibility index (Phi) is 6.26. The van der Waals surface area contributed by atoms with Crippen LogP contribution >= 0.6 is 0 Å². The maximum absolute atomic E-state index is 12.4. The van der Waals surface area contributed by atoms with Gasteiger partial charge in [-0.25, -0.2) is 8.42 Å². The highest BCUT2D eigenvalue weighted by Crippen LogP contribution is 2.23. The third-order valence-electron chi connectivity index (χ3n) is 2.76. The molecule has 0 radical (unpaired) electrons. The van der Waals surface area contributed by atoms with Crippen LogP contribution < -0.4 is 4.72 Å². The molecule has 134 valence electrons. The minimum Gasteiger partial charge on any atom is -0.465 e. The van der Waals surface area contributed by atoms with E-state index in [0.717, 1.165) is 12.1 Å². The first kappa shape index (κ1) is 19.8. The predicted octanol–water partition coefficient (Wildman–Crippen LogP) is 1.51. The Balaban J connectivity index is 3.02. The van der Waals surface area contributed by atoms with Crippen molar-refractivity contribution < 1.29 is 36.0 Å². The molecule has 1 rings (SSSR count). The van der Waals surface area contributed by atoms with Gasteiger partial charge in [0.2, 0.25) is 0 Å². The Labute approximate surface area is 134 Å². The predicted molar refractivity (Wildman–Crippen MR) is 75.3 cm³/mol. The van der Waals surface area contributed by atoms with Crippen LogP contribution in [0.25, 0.3) is 0 Å². The van der Waals surface area contributed by atoms with Gasteiger partial charge in [0.25, 0.3) is 5.69 Å². The van der Waals surface area contributed by atoms with Crippen LogP contribution in [0.15, 0.2) is 24.3 Å². The molecule has 1 aromatic rings. The van der Waals surface area contributed by atoms with E-state index >= 15 is 0 Å². The maximum Gasteiger partial charge on any atom is 0.511 e. The summed E-state index contributed by atoms with van der Waals surface area (Å²) in [4.78, 5) is 21.6. The van der Waals surface area contributed by atoms with Gasteiger partial charge in [-0.3, -0.25) is 14.9 Å². The number of ether oxygens (including phenoxy) is 1. The number of esters is 1. The Morgan fingerprint density at radius 3 is 2.29 bits per heavy atom. The number of rotatable bonds is 7. The van der Waals surface area contributed by atoms with Crippen molar-refractivity contribution in [3.63, 3.8) is 0 Å². The highest BCUT2D eigenvalue weighted by molar-refractivity contribution is 7.90.